The average molecular weight is 238 g/mol. The maximum absolute atomic E-state index is 5.70. The van der Waals surface area contributed by atoms with E-state index in [4.69, 9.17) is 5.73 Å². The summed E-state index contributed by atoms with van der Waals surface area (Å²) in [6, 6.07) is 0. The maximum Gasteiger partial charge on any atom is 0.130 e. The van der Waals surface area contributed by atoms with Crippen molar-refractivity contribution in [1.29, 1.82) is 0 Å². The molecule has 0 aliphatic heterocycles. The van der Waals surface area contributed by atoms with Crippen LogP contribution in [0, 0.1) is 6.92 Å². The van der Waals surface area contributed by atoms with Gasteiger partial charge in [-0.15, -0.1) is 0 Å². The summed E-state index contributed by atoms with van der Waals surface area (Å²) in [5, 5.41) is 4.53. The van der Waals surface area contributed by atoms with Gasteiger partial charge in [0, 0.05) is 25.7 Å². The Balaban J connectivity index is 3.06. The van der Waals surface area contributed by atoms with Crippen molar-refractivity contribution in [1.82, 2.24) is 9.78 Å². The molecule has 1 aromatic rings. The van der Waals surface area contributed by atoms with E-state index in [1.54, 1.807) is 0 Å². The first-order valence-corrected chi connectivity index (χ1v) is 6.63. The van der Waals surface area contributed by atoms with Gasteiger partial charge in [0.2, 0.25) is 0 Å². The molecule has 98 valence electrons. The molecule has 1 rings (SSSR count). The fourth-order valence-corrected chi connectivity index (χ4v) is 2.39. The van der Waals surface area contributed by atoms with Gasteiger partial charge in [0.15, 0.2) is 0 Å². The monoisotopic (exact) mass is 238 g/mol. The average Bonchev–Trinajstić information content (AvgIpc) is 2.54. The molecule has 0 saturated heterocycles. The molecule has 17 heavy (non-hydrogen) atoms. The molecule has 0 atom stereocenters. The molecule has 0 saturated carbocycles. The molecule has 4 nitrogen and oxygen atoms in total. The second-order valence-corrected chi connectivity index (χ2v) is 4.54. The Morgan fingerprint density at radius 2 is 1.82 bits per heavy atom. The molecule has 2 N–H and O–H groups in total. The normalized spacial score (nSPS) is 10.9. The van der Waals surface area contributed by atoms with Gasteiger partial charge in [-0.25, -0.2) is 0 Å². The molecule has 1 aromatic heterocycles. The predicted molar refractivity (Wildman–Crippen MR) is 73.5 cm³/mol. The molecule has 4 heteroatoms. The van der Waals surface area contributed by atoms with Crippen LogP contribution in [0.4, 0.5) is 5.82 Å². The quantitative estimate of drug-likeness (QED) is 0.788. The lowest BCUT2D eigenvalue weighted by Gasteiger charge is -2.25. The van der Waals surface area contributed by atoms with E-state index in [9.17, 15) is 0 Å². The Bertz CT molecular complexity index is 337. The Labute approximate surface area is 105 Å². The van der Waals surface area contributed by atoms with Gasteiger partial charge in [0.25, 0.3) is 0 Å². The summed E-state index contributed by atoms with van der Waals surface area (Å²) in [6.45, 7) is 9.37. The van der Waals surface area contributed by atoms with E-state index in [0.29, 0.717) is 6.54 Å². The summed E-state index contributed by atoms with van der Waals surface area (Å²) < 4.78 is 2.01. The van der Waals surface area contributed by atoms with Gasteiger partial charge in [-0.1, -0.05) is 13.8 Å². The smallest absolute Gasteiger partial charge is 0.130 e. The van der Waals surface area contributed by atoms with Gasteiger partial charge in [-0.05, 0) is 32.7 Å². The SMILES string of the molecule is CCCN(CCC)c1c(CCN)c(C)nn1C. The van der Waals surface area contributed by atoms with Crippen LogP contribution in [0.25, 0.3) is 0 Å². The molecule has 0 amide bonds. The number of rotatable bonds is 7. The van der Waals surface area contributed by atoms with Crippen molar-refractivity contribution in [3.05, 3.63) is 11.3 Å². The number of hydrogen-bond acceptors (Lipinski definition) is 3. The fraction of sp³-hybridized carbons (Fsp3) is 0.769. The minimum atomic E-state index is 0.686. The molecular weight excluding hydrogens is 212 g/mol. The van der Waals surface area contributed by atoms with Crippen molar-refractivity contribution in [3.8, 4) is 0 Å². The van der Waals surface area contributed by atoms with Crippen LogP contribution in [0.2, 0.25) is 0 Å². The van der Waals surface area contributed by atoms with Crippen molar-refractivity contribution in [2.24, 2.45) is 12.8 Å². The summed E-state index contributed by atoms with van der Waals surface area (Å²) in [4.78, 5) is 2.44. The van der Waals surface area contributed by atoms with E-state index in [2.05, 4.69) is 30.8 Å². The topological polar surface area (TPSA) is 47.1 Å². The lowest BCUT2D eigenvalue weighted by atomic mass is 10.1. The lowest BCUT2D eigenvalue weighted by molar-refractivity contribution is 0.675. The Morgan fingerprint density at radius 1 is 1.24 bits per heavy atom. The summed E-state index contributed by atoms with van der Waals surface area (Å²) in [6.07, 6.45) is 3.23. The van der Waals surface area contributed by atoms with E-state index in [1.165, 1.54) is 11.4 Å². The largest absolute Gasteiger partial charge is 0.357 e. The Morgan fingerprint density at radius 3 is 2.29 bits per heavy atom. The third kappa shape index (κ3) is 3.22. The molecule has 0 aliphatic carbocycles. The second-order valence-electron chi connectivity index (χ2n) is 4.54. The van der Waals surface area contributed by atoms with E-state index in [0.717, 1.165) is 38.0 Å². The zero-order chi connectivity index (χ0) is 12.8. The summed E-state index contributed by atoms with van der Waals surface area (Å²) in [7, 11) is 2.03. The zero-order valence-corrected chi connectivity index (χ0v) is 11.7. The molecule has 0 fully saturated rings. The third-order valence-electron chi connectivity index (χ3n) is 2.99. The first-order valence-electron chi connectivity index (χ1n) is 6.63. The van der Waals surface area contributed by atoms with E-state index >= 15 is 0 Å². The second kappa shape index (κ2) is 6.64. The molecule has 0 spiro atoms. The number of nitrogens with zero attached hydrogens (tertiary/aromatic N) is 3. The first-order chi connectivity index (χ1) is 8.15. The first kappa shape index (κ1) is 14.0. The molecule has 1 heterocycles. The summed E-state index contributed by atoms with van der Waals surface area (Å²) in [5.74, 6) is 1.26. The van der Waals surface area contributed by atoms with Gasteiger partial charge < -0.3 is 10.6 Å². The molecule has 0 aromatic carbocycles. The Hall–Kier alpha value is -1.03. The van der Waals surface area contributed by atoms with Gasteiger partial charge in [0.1, 0.15) is 5.82 Å². The minimum absolute atomic E-state index is 0.686. The third-order valence-corrected chi connectivity index (χ3v) is 2.99. The van der Waals surface area contributed by atoms with E-state index in [1.807, 2.05) is 11.7 Å². The summed E-state index contributed by atoms with van der Waals surface area (Å²) >= 11 is 0. The molecule has 0 bridgehead atoms. The highest BCUT2D eigenvalue weighted by Gasteiger charge is 2.17. The van der Waals surface area contributed by atoms with Crippen LogP contribution in [0.3, 0.4) is 0 Å². The standard InChI is InChI=1S/C13H26N4/c1-5-9-17(10-6-2)13-12(7-8-14)11(3)15-16(13)4/h5-10,14H2,1-4H3. The van der Waals surface area contributed by atoms with Crippen molar-refractivity contribution in [2.75, 3.05) is 24.5 Å². The predicted octanol–water partition coefficient (Wildman–Crippen LogP) is 1.86. The van der Waals surface area contributed by atoms with Crippen LogP contribution in [0.5, 0.6) is 0 Å². The molecule has 0 radical (unpaired) electrons. The number of nitrogens with two attached hydrogens (primary N) is 1. The lowest BCUT2D eigenvalue weighted by Crippen LogP contribution is -2.28. The number of anilines is 1. The van der Waals surface area contributed by atoms with Gasteiger partial charge in [0.05, 0.1) is 5.69 Å². The van der Waals surface area contributed by atoms with Gasteiger partial charge in [-0.2, -0.15) is 5.10 Å². The number of aromatic nitrogens is 2. The van der Waals surface area contributed by atoms with Crippen molar-refractivity contribution >= 4 is 5.82 Å². The van der Waals surface area contributed by atoms with E-state index < -0.39 is 0 Å². The van der Waals surface area contributed by atoms with Crippen LogP contribution >= 0.6 is 0 Å². The van der Waals surface area contributed by atoms with Crippen LogP contribution < -0.4 is 10.6 Å². The van der Waals surface area contributed by atoms with Crippen LogP contribution in [-0.4, -0.2) is 29.4 Å². The molecule has 0 unspecified atom stereocenters. The zero-order valence-electron chi connectivity index (χ0n) is 11.7. The highest BCUT2D eigenvalue weighted by Crippen LogP contribution is 2.24. The highest BCUT2D eigenvalue weighted by atomic mass is 15.4. The minimum Gasteiger partial charge on any atom is -0.357 e. The van der Waals surface area contributed by atoms with Crippen LogP contribution in [0.15, 0.2) is 0 Å². The highest BCUT2D eigenvalue weighted by molar-refractivity contribution is 5.50. The van der Waals surface area contributed by atoms with Crippen LogP contribution in [-0.2, 0) is 13.5 Å². The van der Waals surface area contributed by atoms with Crippen molar-refractivity contribution in [3.63, 3.8) is 0 Å². The molecular formula is C13H26N4. The van der Waals surface area contributed by atoms with Crippen LogP contribution in [0.1, 0.15) is 37.9 Å². The van der Waals surface area contributed by atoms with Crippen molar-refractivity contribution < 1.29 is 0 Å². The fourth-order valence-electron chi connectivity index (χ4n) is 2.39. The maximum atomic E-state index is 5.70. The number of aryl methyl sites for hydroxylation is 2. The molecule has 0 aliphatic rings. The van der Waals surface area contributed by atoms with Gasteiger partial charge >= 0.3 is 0 Å². The summed E-state index contributed by atoms with van der Waals surface area (Å²) in [5.41, 5.74) is 8.13. The number of hydrogen-bond donors (Lipinski definition) is 1. The van der Waals surface area contributed by atoms with Gasteiger partial charge in [-0.3, -0.25) is 4.68 Å². The van der Waals surface area contributed by atoms with Crippen molar-refractivity contribution in [2.45, 2.75) is 40.0 Å². The van der Waals surface area contributed by atoms with E-state index in [-0.39, 0.29) is 0 Å². The Kier molecular flexibility index (Phi) is 5.48.